The van der Waals surface area contributed by atoms with Gasteiger partial charge in [-0.15, -0.1) is 0 Å². The molecule has 4 rings (SSSR count). The quantitative estimate of drug-likeness (QED) is 0.887. The molecule has 8 heteroatoms. The van der Waals surface area contributed by atoms with Crippen LogP contribution in [0.5, 0.6) is 0 Å². The topological polar surface area (TPSA) is 101 Å². The van der Waals surface area contributed by atoms with Gasteiger partial charge < -0.3 is 10.2 Å². The van der Waals surface area contributed by atoms with Crippen LogP contribution in [0, 0.1) is 5.41 Å². The van der Waals surface area contributed by atoms with E-state index in [0.29, 0.717) is 24.5 Å². The number of hydrogen-bond donors (Lipinski definition) is 1. The summed E-state index contributed by atoms with van der Waals surface area (Å²) in [6, 6.07) is 0.130. The predicted octanol–water partition coefficient (Wildman–Crippen LogP) is 1.08. The minimum Gasteiger partial charge on any atom is -0.347 e. The Hall–Kier alpha value is -2.90. The van der Waals surface area contributed by atoms with Gasteiger partial charge in [0, 0.05) is 43.9 Å². The van der Waals surface area contributed by atoms with Gasteiger partial charge in [-0.25, -0.2) is 9.97 Å². The second-order valence-corrected chi connectivity index (χ2v) is 6.90. The standard InChI is InChI=1S/C18H20N6O2/c25-16(13-11-19-5-7-21-13)23-15-1-2-18(15)3-9-24(10-4-18)17(26)14-12-20-6-8-22-14/h5-8,11-12,15H,1-4,9-10H2,(H,23,25). The number of amides is 2. The molecule has 1 saturated carbocycles. The Morgan fingerprint density at radius 3 is 2.15 bits per heavy atom. The number of nitrogens with one attached hydrogen (secondary N) is 1. The Labute approximate surface area is 151 Å². The van der Waals surface area contributed by atoms with Crippen molar-refractivity contribution in [3.8, 4) is 0 Å². The highest BCUT2D eigenvalue weighted by molar-refractivity contribution is 5.92. The van der Waals surface area contributed by atoms with Crippen molar-refractivity contribution in [2.24, 2.45) is 5.41 Å². The molecule has 1 aliphatic heterocycles. The Morgan fingerprint density at radius 1 is 0.962 bits per heavy atom. The number of likely N-dealkylation sites (tertiary alicyclic amines) is 1. The monoisotopic (exact) mass is 352 g/mol. The molecule has 2 amide bonds. The number of piperidine rings is 1. The molecule has 1 atom stereocenters. The summed E-state index contributed by atoms with van der Waals surface area (Å²) in [4.78, 5) is 42.7. The lowest BCUT2D eigenvalue weighted by atomic mass is 9.59. The van der Waals surface area contributed by atoms with E-state index < -0.39 is 0 Å². The average Bonchev–Trinajstić information content (AvgIpc) is 2.72. The van der Waals surface area contributed by atoms with Crippen LogP contribution in [0.3, 0.4) is 0 Å². The normalized spacial score (nSPS) is 21.1. The second-order valence-electron chi connectivity index (χ2n) is 6.90. The number of aromatic nitrogens is 4. The first-order chi connectivity index (χ1) is 12.7. The lowest BCUT2D eigenvalue weighted by molar-refractivity contribution is -0.00258. The van der Waals surface area contributed by atoms with Crippen LogP contribution in [0.15, 0.2) is 37.2 Å². The average molecular weight is 352 g/mol. The Kier molecular flexibility index (Phi) is 4.32. The molecule has 0 radical (unpaired) electrons. The zero-order valence-corrected chi connectivity index (χ0v) is 14.3. The highest BCUT2D eigenvalue weighted by atomic mass is 16.2. The van der Waals surface area contributed by atoms with Crippen LogP contribution >= 0.6 is 0 Å². The summed E-state index contributed by atoms with van der Waals surface area (Å²) in [5.41, 5.74) is 0.797. The van der Waals surface area contributed by atoms with Gasteiger partial charge in [-0.05, 0) is 31.1 Å². The molecule has 2 fully saturated rings. The minimum absolute atomic E-state index is 0.0765. The van der Waals surface area contributed by atoms with Crippen LogP contribution in [0.1, 0.15) is 46.7 Å². The van der Waals surface area contributed by atoms with Crippen molar-refractivity contribution in [3.05, 3.63) is 48.6 Å². The van der Waals surface area contributed by atoms with E-state index in [-0.39, 0.29) is 23.3 Å². The smallest absolute Gasteiger partial charge is 0.274 e. The maximum atomic E-state index is 12.5. The predicted molar refractivity (Wildman–Crippen MR) is 92.1 cm³/mol. The highest BCUT2D eigenvalue weighted by Gasteiger charge is 2.49. The van der Waals surface area contributed by atoms with Crippen molar-refractivity contribution in [1.82, 2.24) is 30.2 Å². The summed E-state index contributed by atoms with van der Waals surface area (Å²) < 4.78 is 0. The van der Waals surface area contributed by atoms with Gasteiger partial charge in [0.25, 0.3) is 11.8 Å². The highest BCUT2D eigenvalue weighted by Crippen LogP contribution is 2.49. The third-order valence-electron chi connectivity index (χ3n) is 5.60. The van der Waals surface area contributed by atoms with Crippen molar-refractivity contribution in [3.63, 3.8) is 0 Å². The van der Waals surface area contributed by atoms with Crippen molar-refractivity contribution in [1.29, 1.82) is 0 Å². The molecule has 3 heterocycles. The summed E-state index contributed by atoms with van der Waals surface area (Å²) in [7, 11) is 0. The first kappa shape index (κ1) is 16.6. The second kappa shape index (κ2) is 6.78. The van der Waals surface area contributed by atoms with Crippen molar-refractivity contribution in [2.45, 2.75) is 31.7 Å². The van der Waals surface area contributed by atoms with Crippen LogP contribution in [0.2, 0.25) is 0 Å². The van der Waals surface area contributed by atoms with Gasteiger partial charge in [-0.3, -0.25) is 19.6 Å². The molecule has 1 spiro atoms. The van der Waals surface area contributed by atoms with E-state index >= 15 is 0 Å². The summed E-state index contributed by atoms with van der Waals surface area (Å²) in [6.45, 7) is 1.35. The van der Waals surface area contributed by atoms with Crippen LogP contribution in [-0.4, -0.2) is 55.8 Å². The van der Waals surface area contributed by atoms with Gasteiger partial charge in [0.1, 0.15) is 11.4 Å². The van der Waals surface area contributed by atoms with Gasteiger partial charge in [0.05, 0.1) is 12.4 Å². The fraction of sp³-hybridized carbons (Fsp3) is 0.444. The number of rotatable bonds is 3. The molecule has 0 aromatic carbocycles. The third kappa shape index (κ3) is 3.02. The third-order valence-corrected chi connectivity index (χ3v) is 5.60. The molecule has 1 unspecified atom stereocenters. The largest absolute Gasteiger partial charge is 0.347 e. The summed E-state index contributed by atoms with van der Waals surface area (Å²) in [6.07, 6.45) is 12.9. The van der Waals surface area contributed by atoms with E-state index in [1.54, 1.807) is 12.4 Å². The molecule has 2 aliphatic rings. The maximum Gasteiger partial charge on any atom is 0.274 e. The number of nitrogens with zero attached hydrogens (tertiary/aromatic N) is 5. The van der Waals surface area contributed by atoms with Crippen molar-refractivity contribution < 1.29 is 9.59 Å². The van der Waals surface area contributed by atoms with Gasteiger partial charge in [-0.2, -0.15) is 0 Å². The molecule has 0 bridgehead atoms. The SMILES string of the molecule is O=C(NC1CCC12CCN(C(=O)c1cnccn1)CC2)c1cnccn1. The molecule has 1 aliphatic carbocycles. The fourth-order valence-corrected chi connectivity index (χ4v) is 3.90. The fourth-order valence-electron chi connectivity index (χ4n) is 3.90. The van der Waals surface area contributed by atoms with Gasteiger partial charge in [0.2, 0.25) is 0 Å². The molecular formula is C18H20N6O2. The Morgan fingerprint density at radius 2 is 1.62 bits per heavy atom. The van der Waals surface area contributed by atoms with E-state index in [1.165, 1.54) is 24.8 Å². The summed E-state index contributed by atoms with van der Waals surface area (Å²) in [5.74, 6) is -0.257. The maximum absolute atomic E-state index is 12.5. The molecule has 134 valence electrons. The van der Waals surface area contributed by atoms with Crippen LogP contribution in [0.4, 0.5) is 0 Å². The van der Waals surface area contributed by atoms with E-state index in [2.05, 4.69) is 25.3 Å². The van der Waals surface area contributed by atoms with E-state index in [9.17, 15) is 9.59 Å². The zero-order chi connectivity index (χ0) is 18.0. The van der Waals surface area contributed by atoms with E-state index in [1.807, 2.05) is 4.90 Å². The Balaban J connectivity index is 1.36. The summed E-state index contributed by atoms with van der Waals surface area (Å²) >= 11 is 0. The van der Waals surface area contributed by atoms with Gasteiger partial charge in [0.15, 0.2) is 0 Å². The number of hydrogen-bond acceptors (Lipinski definition) is 6. The molecule has 8 nitrogen and oxygen atoms in total. The van der Waals surface area contributed by atoms with Crippen LogP contribution in [0.25, 0.3) is 0 Å². The summed E-state index contributed by atoms with van der Waals surface area (Å²) in [5, 5.41) is 3.10. The lowest BCUT2D eigenvalue weighted by Gasteiger charge is -2.53. The molecule has 2 aromatic rings. The van der Waals surface area contributed by atoms with E-state index in [0.717, 1.165) is 25.7 Å². The van der Waals surface area contributed by atoms with Crippen LogP contribution < -0.4 is 5.32 Å². The number of carbonyl (C=O) groups is 2. The van der Waals surface area contributed by atoms with Crippen molar-refractivity contribution >= 4 is 11.8 Å². The lowest BCUT2D eigenvalue weighted by Crippen LogP contribution is -2.59. The minimum atomic E-state index is -0.180. The van der Waals surface area contributed by atoms with E-state index in [4.69, 9.17) is 0 Å². The molecule has 2 aromatic heterocycles. The zero-order valence-electron chi connectivity index (χ0n) is 14.3. The molecule has 26 heavy (non-hydrogen) atoms. The van der Waals surface area contributed by atoms with Crippen molar-refractivity contribution in [2.75, 3.05) is 13.1 Å². The molecule has 1 saturated heterocycles. The first-order valence-electron chi connectivity index (χ1n) is 8.80. The molecule has 1 N–H and O–H groups in total. The first-order valence-corrected chi connectivity index (χ1v) is 8.80. The van der Waals surface area contributed by atoms with Gasteiger partial charge in [-0.1, -0.05) is 0 Å². The molecular weight excluding hydrogens is 332 g/mol. The van der Waals surface area contributed by atoms with Crippen LogP contribution in [-0.2, 0) is 0 Å². The number of carbonyl (C=O) groups excluding carboxylic acids is 2. The van der Waals surface area contributed by atoms with Gasteiger partial charge >= 0.3 is 0 Å². The Bertz CT molecular complexity index is 790.